The minimum Gasteiger partial charge on any atom is -0.341 e. The standard InChI is InChI=1S/C19H19F3N4O3/c20-19(21,22)13-4-2-1-3-12(13)17-24-15(25-29-17)16(28)23-11-14(27)26-9-7-18(5-6-18)8-10-26/h1-4H,5-11H2,(H,23,28). The van der Waals surface area contributed by atoms with Crippen LogP contribution in [0, 0.1) is 5.41 Å². The number of benzene rings is 1. The van der Waals surface area contributed by atoms with Crippen LogP contribution < -0.4 is 5.32 Å². The molecule has 0 atom stereocenters. The molecular weight excluding hydrogens is 389 g/mol. The van der Waals surface area contributed by atoms with Crippen LogP contribution in [0.25, 0.3) is 11.5 Å². The Labute approximate surface area is 164 Å². The first-order valence-corrected chi connectivity index (χ1v) is 9.34. The third kappa shape index (κ3) is 4.10. The van der Waals surface area contributed by atoms with Crippen molar-refractivity contribution in [2.75, 3.05) is 19.6 Å². The molecule has 0 unspecified atom stereocenters. The Morgan fingerprint density at radius 2 is 1.83 bits per heavy atom. The highest BCUT2D eigenvalue weighted by Gasteiger charge is 2.45. The highest BCUT2D eigenvalue weighted by Crippen LogP contribution is 2.53. The molecule has 2 amide bonds. The van der Waals surface area contributed by atoms with Crippen LogP contribution in [0.2, 0.25) is 0 Å². The van der Waals surface area contributed by atoms with E-state index in [2.05, 4.69) is 15.5 Å². The van der Waals surface area contributed by atoms with Gasteiger partial charge in [-0.1, -0.05) is 17.3 Å². The maximum atomic E-state index is 13.1. The summed E-state index contributed by atoms with van der Waals surface area (Å²) in [5.41, 5.74) is -0.817. The van der Waals surface area contributed by atoms with Crippen molar-refractivity contribution in [1.82, 2.24) is 20.4 Å². The summed E-state index contributed by atoms with van der Waals surface area (Å²) in [6.45, 7) is 1.12. The Balaban J connectivity index is 1.37. The van der Waals surface area contributed by atoms with Crippen LogP contribution in [-0.2, 0) is 11.0 Å². The van der Waals surface area contributed by atoms with E-state index in [-0.39, 0.29) is 18.0 Å². The first-order valence-electron chi connectivity index (χ1n) is 9.34. The summed E-state index contributed by atoms with van der Waals surface area (Å²) in [5.74, 6) is -1.84. The lowest BCUT2D eigenvalue weighted by Crippen LogP contribution is -2.44. The predicted octanol–water partition coefficient (Wildman–Crippen LogP) is 2.89. The van der Waals surface area contributed by atoms with Gasteiger partial charge in [0, 0.05) is 13.1 Å². The second-order valence-corrected chi connectivity index (χ2v) is 7.53. The van der Waals surface area contributed by atoms with Crippen molar-refractivity contribution in [3.05, 3.63) is 35.7 Å². The maximum Gasteiger partial charge on any atom is 0.417 e. The number of hydrogen-bond acceptors (Lipinski definition) is 5. The van der Waals surface area contributed by atoms with Crippen molar-refractivity contribution in [1.29, 1.82) is 0 Å². The third-order valence-electron chi connectivity index (χ3n) is 5.63. The molecule has 1 aliphatic heterocycles. The summed E-state index contributed by atoms with van der Waals surface area (Å²) >= 11 is 0. The van der Waals surface area contributed by atoms with E-state index in [1.54, 1.807) is 4.90 Å². The van der Waals surface area contributed by atoms with E-state index >= 15 is 0 Å². The van der Waals surface area contributed by atoms with Crippen LogP contribution >= 0.6 is 0 Å². The van der Waals surface area contributed by atoms with Crippen molar-refractivity contribution < 1.29 is 27.3 Å². The number of halogens is 3. The molecule has 2 aromatic rings. The molecule has 1 spiro atoms. The molecule has 0 radical (unpaired) electrons. The molecule has 2 heterocycles. The number of aromatic nitrogens is 2. The van der Waals surface area contributed by atoms with Crippen LogP contribution in [0.4, 0.5) is 13.2 Å². The van der Waals surface area contributed by atoms with Gasteiger partial charge in [0.2, 0.25) is 5.91 Å². The van der Waals surface area contributed by atoms with Gasteiger partial charge in [-0.15, -0.1) is 0 Å². The van der Waals surface area contributed by atoms with E-state index in [0.29, 0.717) is 18.5 Å². The Morgan fingerprint density at radius 1 is 1.14 bits per heavy atom. The van der Waals surface area contributed by atoms with Crippen molar-refractivity contribution in [2.45, 2.75) is 31.9 Å². The largest absolute Gasteiger partial charge is 0.417 e. The first-order chi connectivity index (χ1) is 13.8. The van der Waals surface area contributed by atoms with Crippen molar-refractivity contribution in [3.8, 4) is 11.5 Å². The van der Waals surface area contributed by atoms with Gasteiger partial charge in [0.25, 0.3) is 17.6 Å². The zero-order valence-corrected chi connectivity index (χ0v) is 15.5. The van der Waals surface area contributed by atoms with Crippen molar-refractivity contribution in [3.63, 3.8) is 0 Å². The van der Waals surface area contributed by atoms with Crippen LogP contribution in [0.1, 0.15) is 41.9 Å². The van der Waals surface area contributed by atoms with Gasteiger partial charge in [0.05, 0.1) is 17.7 Å². The van der Waals surface area contributed by atoms with E-state index < -0.39 is 29.4 Å². The van der Waals surface area contributed by atoms with Crippen LogP contribution in [-0.4, -0.2) is 46.5 Å². The van der Waals surface area contributed by atoms with Crippen molar-refractivity contribution in [2.24, 2.45) is 5.41 Å². The number of carbonyl (C=O) groups is 2. The lowest BCUT2D eigenvalue weighted by Gasteiger charge is -2.32. The monoisotopic (exact) mass is 408 g/mol. The molecule has 1 aliphatic carbocycles. The Hall–Kier alpha value is -2.91. The Morgan fingerprint density at radius 3 is 2.48 bits per heavy atom. The van der Waals surface area contributed by atoms with E-state index in [0.717, 1.165) is 18.9 Å². The summed E-state index contributed by atoms with van der Waals surface area (Å²) in [4.78, 5) is 29.9. The number of nitrogens with zero attached hydrogens (tertiary/aromatic N) is 3. The topological polar surface area (TPSA) is 88.3 Å². The molecule has 154 valence electrons. The zero-order chi connectivity index (χ0) is 20.6. The van der Waals surface area contributed by atoms with E-state index in [9.17, 15) is 22.8 Å². The van der Waals surface area contributed by atoms with Gasteiger partial charge in [-0.05, 0) is 43.2 Å². The molecule has 2 aliphatic rings. The summed E-state index contributed by atoms with van der Waals surface area (Å²) in [6.07, 6.45) is -0.181. The average Bonchev–Trinajstić information content (AvgIpc) is 3.27. The average molecular weight is 408 g/mol. The first kappa shape index (κ1) is 19.4. The smallest absolute Gasteiger partial charge is 0.341 e. The van der Waals surface area contributed by atoms with Gasteiger partial charge in [0.1, 0.15) is 0 Å². The highest BCUT2D eigenvalue weighted by atomic mass is 19.4. The molecule has 0 bridgehead atoms. The number of amides is 2. The molecule has 4 rings (SSSR count). The maximum absolute atomic E-state index is 13.1. The number of likely N-dealkylation sites (tertiary alicyclic amines) is 1. The van der Waals surface area contributed by atoms with E-state index in [4.69, 9.17) is 4.52 Å². The summed E-state index contributed by atoms with van der Waals surface area (Å²) in [6, 6.07) is 4.72. The molecule has 1 aromatic carbocycles. The van der Waals surface area contributed by atoms with Gasteiger partial charge in [-0.3, -0.25) is 9.59 Å². The number of piperidine rings is 1. The van der Waals surface area contributed by atoms with Gasteiger partial charge < -0.3 is 14.7 Å². The molecule has 1 aromatic heterocycles. The van der Waals surface area contributed by atoms with E-state index in [1.165, 1.54) is 31.0 Å². The van der Waals surface area contributed by atoms with Crippen LogP contribution in [0.5, 0.6) is 0 Å². The summed E-state index contributed by atoms with van der Waals surface area (Å²) < 4.78 is 44.2. The Bertz CT molecular complexity index is 927. The molecule has 2 fully saturated rings. The molecule has 1 saturated carbocycles. The van der Waals surface area contributed by atoms with Gasteiger partial charge in [-0.25, -0.2) is 0 Å². The van der Waals surface area contributed by atoms with Crippen LogP contribution in [0.3, 0.4) is 0 Å². The van der Waals surface area contributed by atoms with Crippen LogP contribution in [0.15, 0.2) is 28.8 Å². The lowest BCUT2D eigenvalue weighted by atomic mass is 9.94. The fourth-order valence-electron chi connectivity index (χ4n) is 3.60. The number of alkyl halides is 3. The molecule has 1 N–H and O–H groups in total. The van der Waals surface area contributed by atoms with Crippen molar-refractivity contribution >= 4 is 11.8 Å². The van der Waals surface area contributed by atoms with Gasteiger partial charge in [0.15, 0.2) is 0 Å². The predicted molar refractivity (Wildman–Crippen MR) is 94.6 cm³/mol. The molecule has 1 saturated heterocycles. The number of hydrogen-bond donors (Lipinski definition) is 1. The highest BCUT2D eigenvalue weighted by molar-refractivity contribution is 5.93. The minimum atomic E-state index is -4.60. The SMILES string of the molecule is O=C(NCC(=O)N1CCC2(CC1)CC2)c1noc(-c2ccccc2C(F)(F)F)n1. The zero-order valence-electron chi connectivity index (χ0n) is 15.5. The fraction of sp³-hybridized carbons (Fsp3) is 0.474. The normalized spacial score (nSPS) is 18.0. The molecule has 29 heavy (non-hydrogen) atoms. The second-order valence-electron chi connectivity index (χ2n) is 7.53. The Kier molecular flexibility index (Phi) is 4.79. The summed E-state index contributed by atoms with van der Waals surface area (Å²) in [7, 11) is 0. The second kappa shape index (κ2) is 7.16. The van der Waals surface area contributed by atoms with Gasteiger partial charge >= 0.3 is 6.18 Å². The minimum absolute atomic E-state index is 0.208. The number of carbonyl (C=O) groups excluding carboxylic acids is 2. The summed E-state index contributed by atoms with van der Waals surface area (Å²) in [5, 5.41) is 5.85. The fourth-order valence-corrected chi connectivity index (χ4v) is 3.60. The molecular formula is C19H19F3N4O3. The lowest BCUT2D eigenvalue weighted by molar-refractivity contribution is -0.137. The molecule has 10 heteroatoms. The number of rotatable bonds is 4. The van der Waals surface area contributed by atoms with E-state index in [1.807, 2.05) is 0 Å². The number of nitrogens with one attached hydrogen (secondary N) is 1. The van der Waals surface area contributed by atoms with Gasteiger partial charge in [-0.2, -0.15) is 18.2 Å². The third-order valence-corrected chi connectivity index (χ3v) is 5.63. The quantitative estimate of drug-likeness (QED) is 0.841. The molecule has 7 nitrogen and oxygen atoms in total.